The van der Waals surface area contributed by atoms with Crippen LogP contribution in [0.4, 0.5) is 4.79 Å². The van der Waals surface area contributed by atoms with Crippen LogP contribution in [-0.4, -0.2) is 42.3 Å². The molecule has 0 aromatic heterocycles. The third-order valence-corrected chi connectivity index (χ3v) is 5.36. The first-order valence-electron chi connectivity index (χ1n) is 7.90. The van der Waals surface area contributed by atoms with Gasteiger partial charge in [-0.1, -0.05) is 13.8 Å². The Labute approximate surface area is 134 Å². The highest BCUT2D eigenvalue weighted by atomic mass is 32.2. The molecule has 1 aliphatic carbocycles. The van der Waals surface area contributed by atoms with E-state index >= 15 is 0 Å². The molecule has 1 aliphatic rings. The van der Waals surface area contributed by atoms with Crippen LogP contribution in [0.5, 0.6) is 0 Å². The van der Waals surface area contributed by atoms with Crippen molar-refractivity contribution < 1.29 is 9.53 Å². The maximum atomic E-state index is 11.7. The first-order valence-corrected chi connectivity index (χ1v) is 9.13. The molecule has 21 heavy (non-hydrogen) atoms. The van der Waals surface area contributed by atoms with E-state index in [4.69, 9.17) is 4.74 Å². The Morgan fingerprint density at radius 2 is 1.90 bits per heavy atom. The fraction of sp³-hybridized carbons (Fsp3) is 0.938. The number of hydrogen-bond acceptors (Lipinski definition) is 4. The minimum absolute atomic E-state index is 0.323. The van der Waals surface area contributed by atoms with Crippen molar-refractivity contribution in [1.29, 1.82) is 0 Å². The summed E-state index contributed by atoms with van der Waals surface area (Å²) in [5, 5.41) is 6.47. The van der Waals surface area contributed by atoms with Gasteiger partial charge in [-0.15, -0.1) is 0 Å². The molecule has 2 N–H and O–H groups in total. The monoisotopic (exact) mass is 316 g/mol. The summed E-state index contributed by atoms with van der Waals surface area (Å²) in [5.41, 5.74) is -0.438. The van der Waals surface area contributed by atoms with E-state index in [1.165, 1.54) is 12.8 Å². The molecular weight excluding hydrogens is 284 g/mol. The highest BCUT2D eigenvalue weighted by molar-refractivity contribution is 8.00. The number of ether oxygens (including phenoxy) is 1. The first-order chi connectivity index (χ1) is 9.67. The quantitative estimate of drug-likeness (QED) is 0.721. The van der Waals surface area contributed by atoms with Gasteiger partial charge < -0.3 is 15.4 Å². The van der Waals surface area contributed by atoms with Crippen LogP contribution in [0, 0.1) is 11.8 Å². The van der Waals surface area contributed by atoms with Crippen LogP contribution in [0.1, 0.15) is 47.5 Å². The number of thioether (sulfide) groups is 1. The van der Waals surface area contributed by atoms with Gasteiger partial charge in [0, 0.05) is 17.8 Å². The van der Waals surface area contributed by atoms with E-state index in [1.54, 1.807) is 0 Å². The third-order valence-electron chi connectivity index (χ3n) is 3.94. The predicted molar refractivity (Wildman–Crippen MR) is 90.9 cm³/mol. The van der Waals surface area contributed by atoms with E-state index in [1.807, 2.05) is 32.5 Å². The normalized spacial score (nSPS) is 18.4. The van der Waals surface area contributed by atoms with Gasteiger partial charge in [-0.05, 0) is 58.2 Å². The Kier molecular flexibility index (Phi) is 6.85. The Balaban J connectivity index is 2.28. The molecule has 0 radical (unpaired) electrons. The molecule has 1 saturated carbocycles. The lowest BCUT2D eigenvalue weighted by Gasteiger charge is -2.25. The number of carbonyl (C=O) groups excluding carboxylic acids is 1. The Bertz CT molecular complexity index is 336. The average molecular weight is 317 g/mol. The second kappa shape index (κ2) is 7.73. The molecule has 0 saturated heterocycles. The van der Waals surface area contributed by atoms with Crippen molar-refractivity contribution in [2.45, 2.75) is 57.8 Å². The van der Waals surface area contributed by atoms with Crippen LogP contribution >= 0.6 is 11.8 Å². The van der Waals surface area contributed by atoms with E-state index in [9.17, 15) is 4.79 Å². The van der Waals surface area contributed by atoms with Gasteiger partial charge in [0.25, 0.3) is 0 Å². The number of nitrogens with one attached hydrogen (secondary N) is 2. The van der Waals surface area contributed by atoms with E-state index in [0.717, 1.165) is 13.1 Å². The highest BCUT2D eigenvalue weighted by Gasteiger charge is 2.41. The molecule has 1 atom stereocenters. The van der Waals surface area contributed by atoms with Gasteiger partial charge in [0.15, 0.2) is 0 Å². The molecule has 1 rings (SSSR count). The fourth-order valence-corrected chi connectivity index (χ4v) is 2.91. The number of rotatable bonds is 8. The maximum Gasteiger partial charge on any atom is 0.407 e. The van der Waals surface area contributed by atoms with Gasteiger partial charge in [-0.3, -0.25) is 0 Å². The van der Waals surface area contributed by atoms with Crippen molar-refractivity contribution in [3.8, 4) is 0 Å². The minimum Gasteiger partial charge on any atom is -0.444 e. The summed E-state index contributed by atoms with van der Waals surface area (Å²) < 4.78 is 5.77. The van der Waals surface area contributed by atoms with Gasteiger partial charge in [0.05, 0.1) is 0 Å². The van der Waals surface area contributed by atoms with E-state index in [-0.39, 0.29) is 6.09 Å². The van der Waals surface area contributed by atoms with Crippen LogP contribution in [0.25, 0.3) is 0 Å². The Morgan fingerprint density at radius 1 is 1.29 bits per heavy atom. The summed E-state index contributed by atoms with van der Waals surface area (Å²) in [5.74, 6) is 0.951. The van der Waals surface area contributed by atoms with Crippen molar-refractivity contribution in [1.82, 2.24) is 10.6 Å². The second-order valence-corrected chi connectivity index (χ2v) is 8.68. The summed E-state index contributed by atoms with van der Waals surface area (Å²) in [6.07, 6.45) is 4.52. The maximum absolute atomic E-state index is 11.7. The largest absolute Gasteiger partial charge is 0.444 e. The number of carbonyl (C=O) groups is 1. The summed E-state index contributed by atoms with van der Waals surface area (Å²) in [6, 6.07) is 0. The van der Waals surface area contributed by atoms with Crippen molar-refractivity contribution in [3.05, 3.63) is 0 Å². The molecule has 0 aromatic rings. The SMILES string of the molecule is CSC1(CNCC(CNC(=O)OC(C)(C)C)C(C)C)CC1. The number of alkyl carbamates (subject to hydrolysis) is 1. The topological polar surface area (TPSA) is 50.4 Å². The summed E-state index contributed by atoms with van der Waals surface area (Å²) in [4.78, 5) is 11.7. The standard InChI is InChI=1S/C16H32N2O2S/c1-12(2)13(9-17-11-16(21-6)7-8-16)10-18-14(19)20-15(3,4)5/h12-13,17H,7-11H2,1-6H3,(H,18,19). The molecule has 1 fully saturated rings. The molecular formula is C16H32N2O2S. The minimum atomic E-state index is -0.438. The second-order valence-electron chi connectivity index (χ2n) is 7.40. The van der Waals surface area contributed by atoms with E-state index < -0.39 is 5.60 Å². The summed E-state index contributed by atoms with van der Waals surface area (Å²) >= 11 is 1.97. The molecule has 0 aromatic carbocycles. The average Bonchev–Trinajstić information content (AvgIpc) is 3.11. The molecule has 0 aliphatic heterocycles. The van der Waals surface area contributed by atoms with Crippen LogP contribution in [0.15, 0.2) is 0 Å². The third kappa shape index (κ3) is 7.41. The van der Waals surface area contributed by atoms with Crippen molar-refractivity contribution >= 4 is 17.9 Å². The zero-order valence-corrected chi connectivity index (χ0v) is 15.2. The molecule has 4 nitrogen and oxygen atoms in total. The predicted octanol–water partition coefficient (Wildman–Crippen LogP) is 3.27. The molecule has 0 bridgehead atoms. The Hall–Kier alpha value is -0.420. The van der Waals surface area contributed by atoms with Gasteiger partial charge in [0.2, 0.25) is 0 Å². The van der Waals surface area contributed by atoms with Crippen molar-refractivity contribution in [3.63, 3.8) is 0 Å². The smallest absolute Gasteiger partial charge is 0.407 e. The zero-order chi connectivity index (χ0) is 16.1. The number of hydrogen-bond donors (Lipinski definition) is 2. The number of amides is 1. The van der Waals surface area contributed by atoms with Crippen LogP contribution in [0.2, 0.25) is 0 Å². The van der Waals surface area contributed by atoms with Crippen molar-refractivity contribution in [2.24, 2.45) is 11.8 Å². The van der Waals surface area contributed by atoms with Gasteiger partial charge in [0.1, 0.15) is 5.60 Å². The van der Waals surface area contributed by atoms with Crippen molar-refractivity contribution in [2.75, 3.05) is 25.9 Å². The lowest BCUT2D eigenvalue weighted by molar-refractivity contribution is 0.0515. The lowest BCUT2D eigenvalue weighted by Crippen LogP contribution is -2.40. The highest BCUT2D eigenvalue weighted by Crippen LogP contribution is 2.46. The summed E-state index contributed by atoms with van der Waals surface area (Å²) in [7, 11) is 0. The molecule has 1 unspecified atom stereocenters. The molecule has 0 spiro atoms. The zero-order valence-electron chi connectivity index (χ0n) is 14.4. The summed E-state index contributed by atoms with van der Waals surface area (Å²) in [6.45, 7) is 12.7. The first kappa shape index (κ1) is 18.6. The fourth-order valence-electron chi connectivity index (χ4n) is 2.15. The molecule has 5 heteroatoms. The molecule has 124 valence electrons. The molecule has 0 heterocycles. The van der Waals surface area contributed by atoms with Gasteiger partial charge in [-0.2, -0.15) is 11.8 Å². The van der Waals surface area contributed by atoms with Crippen LogP contribution < -0.4 is 10.6 Å². The molecule has 1 amide bonds. The van der Waals surface area contributed by atoms with Gasteiger partial charge in [-0.25, -0.2) is 4.79 Å². The van der Waals surface area contributed by atoms with Crippen LogP contribution in [0.3, 0.4) is 0 Å². The van der Waals surface area contributed by atoms with E-state index in [0.29, 0.717) is 23.1 Å². The van der Waals surface area contributed by atoms with Gasteiger partial charge >= 0.3 is 6.09 Å². The van der Waals surface area contributed by atoms with E-state index in [2.05, 4.69) is 30.7 Å². The van der Waals surface area contributed by atoms with Crippen LogP contribution in [-0.2, 0) is 4.74 Å². The lowest BCUT2D eigenvalue weighted by atomic mass is 9.96. The Morgan fingerprint density at radius 3 is 2.33 bits per heavy atom.